The van der Waals surface area contributed by atoms with Crippen molar-refractivity contribution in [3.63, 3.8) is 0 Å². The summed E-state index contributed by atoms with van der Waals surface area (Å²) in [4.78, 5) is 12.1. The number of rotatable bonds is 7. The summed E-state index contributed by atoms with van der Waals surface area (Å²) < 4.78 is 10.5. The van der Waals surface area contributed by atoms with Gasteiger partial charge < -0.3 is 20.5 Å². The second kappa shape index (κ2) is 8.76. The second-order valence-corrected chi connectivity index (χ2v) is 5.72. The number of aryl methyl sites for hydroxylation is 1. The topological polar surface area (TPSA) is 73.6 Å². The molecule has 1 aromatic rings. The maximum absolute atomic E-state index is 12.1. The summed E-state index contributed by atoms with van der Waals surface area (Å²) in [5.74, 6) is 1.06. The van der Waals surface area contributed by atoms with Crippen LogP contribution in [0.4, 0.5) is 0 Å². The van der Waals surface area contributed by atoms with E-state index < -0.39 is 6.04 Å². The van der Waals surface area contributed by atoms with Gasteiger partial charge in [-0.15, -0.1) is 0 Å². The lowest BCUT2D eigenvalue weighted by atomic mass is 9.92. The highest BCUT2D eigenvalue weighted by atomic mass is 16.5. The van der Waals surface area contributed by atoms with E-state index in [2.05, 4.69) is 11.4 Å². The zero-order valence-corrected chi connectivity index (χ0v) is 13.2. The first-order chi connectivity index (χ1) is 10.7. The minimum absolute atomic E-state index is 0.0439. The zero-order chi connectivity index (χ0) is 15.8. The second-order valence-electron chi connectivity index (χ2n) is 5.72. The van der Waals surface area contributed by atoms with E-state index in [4.69, 9.17) is 15.2 Å². The van der Waals surface area contributed by atoms with Crippen LogP contribution in [0.15, 0.2) is 24.3 Å². The Labute approximate surface area is 132 Å². The molecular weight excluding hydrogens is 280 g/mol. The molecule has 0 saturated carbocycles. The number of nitrogens with one attached hydrogen (secondary N) is 1. The summed E-state index contributed by atoms with van der Waals surface area (Å²) in [6, 6.07) is 7.58. The van der Waals surface area contributed by atoms with E-state index in [0.717, 1.165) is 31.4 Å². The molecule has 1 atom stereocenters. The van der Waals surface area contributed by atoms with Crippen LogP contribution >= 0.6 is 0 Å². The average molecular weight is 306 g/mol. The molecule has 122 valence electrons. The fourth-order valence-electron chi connectivity index (χ4n) is 2.74. The monoisotopic (exact) mass is 306 g/mol. The predicted molar refractivity (Wildman–Crippen MR) is 85.8 cm³/mol. The Kier molecular flexibility index (Phi) is 6.68. The van der Waals surface area contributed by atoms with Gasteiger partial charge in [-0.2, -0.15) is 0 Å². The zero-order valence-electron chi connectivity index (χ0n) is 13.2. The van der Waals surface area contributed by atoms with Crippen LogP contribution in [-0.4, -0.2) is 38.8 Å². The number of hydrogen-bond acceptors (Lipinski definition) is 4. The largest absolute Gasteiger partial charge is 0.497 e. The highest BCUT2D eigenvalue weighted by Gasteiger charge is 2.26. The van der Waals surface area contributed by atoms with Gasteiger partial charge in [0.2, 0.25) is 5.91 Å². The van der Waals surface area contributed by atoms with E-state index in [1.165, 1.54) is 5.56 Å². The molecule has 22 heavy (non-hydrogen) atoms. The molecule has 0 aliphatic carbocycles. The number of benzene rings is 1. The van der Waals surface area contributed by atoms with E-state index in [1.807, 2.05) is 18.2 Å². The third-order valence-electron chi connectivity index (χ3n) is 4.15. The van der Waals surface area contributed by atoms with Crippen molar-refractivity contribution in [2.24, 2.45) is 11.7 Å². The molecule has 1 saturated heterocycles. The van der Waals surface area contributed by atoms with Gasteiger partial charge in [0, 0.05) is 19.8 Å². The van der Waals surface area contributed by atoms with Gasteiger partial charge in [0.1, 0.15) is 5.75 Å². The maximum atomic E-state index is 12.1. The molecule has 0 aromatic heterocycles. The molecule has 1 heterocycles. The van der Waals surface area contributed by atoms with Crippen LogP contribution in [-0.2, 0) is 16.0 Å². The van der Waals surface area contributed by atoms with E-state index in [9.17, 15) is 4.79 Å². The highest BCUT2D eigenvalue weighted by molar-refractivity contribution is 5.81. The molecule has 5 heteroatoms. The summed E-state index contributed by atoms with van der Waals surface area (Å²) in [6.07, 6.45) is 3.54. The smallest absolute Gasteiger partial charge is 0.237 e. The standard InChI is InChI=1S/C17H26N2O3/c1-21-15-6-2-4-13(12-15)5-3-9-19-17(20)16(18)14-7-10-22-11-8-14/h2,4,6,12,14,16H,3,5,7-11,18H2,1H3,(H,19,20). The summed E-state index contributed by atoms with van der Waals surface area (Å²) in [7, 11) is 1.66. The fraction of sp³-hybridized carbons (Fsp3) is 0.588. The van der Waals surface area contributed by atoms with Crippen LogP contribution < -0.4 is 15.8 Å². The van der Waals surface area contributed by atoms with Crippen LogP contribution in [0, 0.1) is 5.92 Å². The SMILES string of the molecule is COc1cccc(CCCNC(=O)C(N)C2CCOCC2)c1. The van der Waals surface area contributed by atoms with Gasteiger partial charge in [-0.1, -0.05) is 12.1 Å². The molecular formula is C17H26N2O3. The highest BCUT2D eigenvalue weighted by Crippen LogP contribution is 2.17. The minimum atomic E-state index is -0.416. The van der Waals surface area contributed by atoms with Gasteiger partial charge in [-0.25, -0.2) is 0 Å². The van der Waals surface area contributed by atoms with Crippen molar-refractivity contribution in [3.05, 3.63) is 29.8 Å². The molecule has 3 N–H and O–H groups in total. The van der Waals surface area contributed by atoms with Crippen LogP contribution in [0.2, 0.25) is 0 Å². The Hall–Kier alpha value is -1.59. The lowest BCUT2D eigenvalue weighted by Gasteiger charge is -2.26. The number of amides is 1. The molecule has 5 nitrogen and oxygen atoms in total. The van der Waals surface area contributed by atoms with Crippen LogP contribution in [0.3, 0.4) is 0 Å². The number of hydrogen-bond donors (Lipinski definition) is 2. The van der Waals surface area contributed by atoms with Crippen LogP contribution in [0.5, 0.6) is 5.75 Å². The van der Waals surface area contributed by atoms with Crippen molar-refractivity contribution in [2.45, 2.75) is 31.7 Å². The Morgan fingerprint density at radius 3 is 2.95 bits per heavy atom. The molecule has 0 bridgehead atoms. The van der Waals surface area contributed by atoms with Crippen molar-refractivity contribution in [2.75, 3.05) is 26.9 Å². The summed E-state index contributed by atoms with van der Waals surface area (Å²) in [5.41, 5.74) is 7.25. The van der Waals surface area contributed by atoms with Gasteiger partial charge in [-0.05, 0) is 49.3 Å². The Balaban J connectivity index is 1.68. The van der Waals surface area contributed by atoms with Gasteiger partial charge in [-0.3, -0.25) is 4.79 Å². The molecule has 1 aliphatic rings. The van der Waals surface area contributed by atoms with Gasteiger partial charge >= 0.3 is 0 Å². The summed E-state index contributed by atoms with van der Waals surface area (Å²) in [6.45, 7) is 2.07. The molecule has 0 radical (unpaired) electrons. The normalized spacial score (nSPS) is 17.0. The van der Waals surface area contributed by atoms with Crippen LogP contribution in [0.1, 0.15) is 24.8 Å². The number of carbonyl (C=O) groups is 1. The van der Waals surface area contributed by atoms with Crippen molar-refractivity contribution in [3.8, 4) is 5.75 Å². The van der Waals surface area contributed by atoms with Gasteiger partial charge in [0.25, 0.3) is 0 Å². The first kappa shape index (κ1) is 16.8. The van der Waals surface area contributed by atoms with Crippen molar-refractivity contribution in [1.29, 1.82) is 0 Å². The maximum Gasteiger partial charge on any atom is 0.237 e. The Bertz CT molecular complexity index is 473. The average Bonchev–Trinajstić information content (AvgIpc) is 2.58. The lowest BCUT2D eigenvalue weighted by Crippen LogP contribution is -2.47. The fourth-order valence-corrected chi connectivity index (χ4v) is 2.74. The summed E-state index contributed by atoms with van der Waals surface area (Å²) in [5, 5.41) is 2.94. The molecule has 0 spiro atoms. The minimum Gasteiger partial charge on any atom is -0.497 e. The van der Waals surface area contributed by atoms with E-state index >= 15 is 0 Å². The lowest BCUT2D eigenvalue weighted by molar-refractivity contribution is -0.124. The molecule has 1 unspecified atom stereocenters. The van der Waals surface area contributed by atoms with E-state index in [1.54, 1.807) is 7.11 Å². The number of methoxy groups -OCH3 is 1. The number of carbonyl (C=O) groups excluding carboxylic acids is 1. The Morgan fingerprint density at radius 1 is 1.45 bits per heavy atom. The third-order valence-corrected chi connectivity index (χ3v) is 4.15. The van der Waals surface area contributed by atoms with Crippen molar-refractivity contribution < 1.29 is 14.3 Å². The molecule has 1 fully saturated rings. The summed E-state index contributed by atoms with van der Waals surface area (Å²) >= 11 is 0. The van der Waals surface area contributed by atoms with E-state index in [-0.39, 0.29) is 11.8 Å². The first-order valence-corrected chi connectivity index (χ1v) is 7.94. The molecule has 2 rings (SSSR count). The van der Waals surface area contributed by atoms with Crippen LogP contribution in [0.25, 0.3) is 0 Å². The van der Waals surface area contributed by atoms with Crippen molar-refractivity contribution >= 4 is 5.91 Å². The molecule has 1 amide bonds. The Morgan fingerprint density at radius 2 is 2.23 bits per heavy atom. The quantitative estimate of drug-likeness (QED) is 0.749. The first-order valence-electron chi connectivity index (χ1n) is 7.94. The molecule has 1 aliphatic heterocycles. The van der Waals surface area contributed by atoms with Gasteiger partial charge in [0.05, 0.1) is 13.2 Å². The number of ether oxygens (including phenoxy) is 2. The number of nitrogens with two attached hydrogens (primary N) is 1. The predicted octanol–water partition coefficient (Wildman–Crippen LogP) is 1.50. The van der Waals surface area contributed by atoms with E-state index in [0.29, 0.717) is 19.8 Å². The molecule has 1 aromatic carbocycles. The van der Waals surface area contributed by atoms with Gasteiger partial charge in [0.15, 0.2) is 0 Å². The third kappa shape index (κ3) is 5.00. The van der Waals surface area contributed by atoms with Crippen molar-refractivity contribution in [1.82, 2.24) is 5.32 Å².